The third-order valence-corrected chi connectivity index (χ3v) is 3.67. The van der Waals surface area contributed by atoms with Gasteiger partial charge >= 0.3 is 0 Å². The quantitative estimate of drug-likeness (QED) is 0.924. The van der Waals surface area contributed by atoms with E-state index >= 15 is 0 Å². The SMILES string of the molecule is Nc1nc2ccc(F)c(F)c2n1CCN1CCCC1. The van der Waals surface area contributed by atoms with E-state index in [0.717, 1.165) is 25.7 Å². The highest BCUT2D eigenvalue weighted by atomic mass is 19.2. The molecule has 1 fully saturated rings. The van der Waals surface area contributed by atoms with Gasteiger partial charge in [0.05, 0.1) is 5.52 Å². The fourth-order valence-corrected chi connectivity index (χ4v) is 2.65. The van der Waals surface area contributed by atoms with E-state index in [1.54, 1.807) is 4.57 Å². The van der Waals surface area contributed by atoms with Crippen LogP contribution in [0.2, 0.25) is 0 Å². The Morgan fingerprint density at radius 2 is 1.89 bits per heavy atom. The van der Waals surface area contributed by atoms with E-state index < -0.39 is 11.6 Å². The van der Waals surface area contributed by atoms with Gasteiger partial charge in [-0.3, -0.25) is 0 Å². The molecule has 2 heterocycles. The number of aromatic nitrogens is 2. The summed E-state index contributed by atoms with van der Waals surface area (Å²) in [6.07, 6.45) is 2.40. The van der Waals surface area contributed by atoms with Crippen LogP contribution in [-0.4, -0.2) is 34.1 Å². The molecule has 2 aromatic rings. The minimum atomic E-state index is -0.872. The van der Waals surface area contributed by atoms with Gasteiger partial charge in [-0.2, -0.15) is 0 Å². The summed E-state index contributed by atoms with van der Waals surface area (Å²) in [6.45, 7) is 3.43. The zero-order chi connectivity index (χ0) is 13.4. The predicted molar refractivity (Wildman–Crippen MR) is 69.7 cm³/mol. The molecule has 2 N–H and O–H groups in total. The van der Waals surface area contributed by atoms with Gasteiger partial charge in [-0.25, -0.2) is 13.8 Å². The van der Waals surface area contributed by atoms with Gasteiger partial charge in [-0.1, -0.05) is 0 Å². The Bertz CT molecular complexity index is 602. The van der Waals surface area contributed by atoms with Crippen molar-refractivity contribution >= 4 is 17.0 Å². The molecule has 1 aromatic heterocycles. The first-order valence-electron chi connectivity index (χ1n) is 6.49. The van der Waals surface area contributed by atoms with E-state index in [2.05, 4.69) is 9.88 Å². The van der Waals surface area contributed by atoms with Crippen LogP contribution in [0.5, 0.6) is 0 Å². The molecular weight excluding hydrogens is 250 g/mol. The number of hydrogen-bond acceptors (Lipinski definition) is 3. The molecule has 1 aliphatic rings. The Labute approximate surface area is 109 Å². The van der Waals surface area contributed by atoms with Crippen LogP contribution in [0.3, 0.4) is 0 Å². The van der Waals surface area contributed by atoms with Crippen molar-refractivity contribution in [1.82, 2.24) is 14.5 Å². The smallest absolute Gasteiger partial charge is 0.201 e. The molecule has 19 heavy (non-hydrogen) atoms. The molecule has 6 heteroatoms. The number of fused-ring (bicyclic) bond motifs is 1. The van der Waals surface area contributed by atoms with E-state index in [1.807, 2.05) is 0 Å². The molecule has 0 spiro atoms. The molecule has 4 nitrogen and oxygen atoms in total. The molecule has 0 aliphatic carbocycles. The number of likely N-dealkylation sites (tertiary alicyclic amines) is 1. The summed E-state index contributed by atoms with van der Waals surface area (Å²) in [7, 11) is 0. The number of nitrogen functional groups attached to an aromatic ring is 1. The maximum Gasteiger partial charge on any atom is 0.201 e. The number of hydrogen-bond donors (Lipinski definition) is 1. The largest absolute Gasteiger partial charge is 0.369 e. The molecule has 0 unspecified atom stereocenters. The number of halogens is 2. The molecular formula is C13H16F2N4. The Morgan fingerprint density at radius 3 is 2.63 bits per heavy atom. The zero-order valence-electron chi connectivity index (χ0n) is 10.6. The summed E-state index contributed by atoms with van der Waals surface area (Å²) >= 11 is 0. The second-order valence-corrected chi connectivity index (χ2v) is 4.90. The minimum absolute atomic E-state index is 0.164. The highest BCUT2D eigenvalue weighted by Crippen LogP contribution is 2.23. The molecule has 0 amide bonds. The van der Waals surface area contributed by atoms with Gasteiger partial charge in [0.25, 0.3) is 0 Å². The lowest BCUT2D eigenvalue weighted by atomic mass is 10.3. The maximum absolute atomic E-state index is 13.9. The lowest BCUT2D eigenvalue weighted by molar-refractivity contribution is 0.324. The van der Waals surface area contributed by atoms with E-state index in [-0.39, 0.29) is 11.5 Å². The normalized spacial score (nSPS) is 16.5. The fourth-order valence-electron chi connectivity index (χ4n) is 2.65. The molecule has 0 bridgehead atoms. The average Bonchev–Trinajstić information content (AvgIpc) is 2.99. The zero-order valence-corrected chi connectivity index (χ0v) is 10.6. The third kappa shape index (κ3) is 2.16. The number of benzene rings is 1. The maximum atomic E-state index is 13.9. The molecule has 0 atom stereocenters. The summed E-state index contributed by atoms with van der Waals surface area (Å²) in [5, 5.41) is 0. The molecule has 3 rings (SSSR count). The van der Waals surface area contributed by atoms with Crippen LogP contribution in [0.25, 0.3) is 11.0 Å². The van der Waals surface area contributed by atoms with Gasteiger partial charge in [-0.15, -0.1) is 0 Å². The van der Waals surface area contributed by atoms with Crippen molar-refractivity contribution < 1.29 is 8.78 Å². The van der Waals surface area contributed by atoms with Gasteiger partial charge in [0.2, 0.25) is 5.95 Å². The van der Waals surface area contributed by atoms with E-state index in [1.165, 1.54) is 18.9 Å². The first-order chi connectivity index (χ1) is 9.16. The Hall–Kier alpha value is -1.69. The van der Waals surface area contributed by atoms with Crippen molar-refractivity contribution in [3.8, 4) is 0 Å². The summed E-state index contributed by atoms with van der Waals surface area (Å²) in [4.78, 5) is 6.37. The summed E-state index contributed by atoms with van der Waals surface area (Å²) < 4.78 is 28.7. The van der Waals surface area contributed by atoms with Crippen molar-refractivity contribution in [2.45, 2.75) is 19.4 Å². The fraction of sp³-hybridized carbons (Fsp3) is 0.462. The Morgan fingerprint density at radius 1 is 1.16 bits per heavy atom. The summed E-state index contributed by atoms with van der Waals surface area (Å²) in [5.41, 5.74) is 6.37. The first kappa shape index (κ1) is 12.3. The van der Waals surface area contributed by atoms with Gasteiger partial charge in [0.1, 0.15) is 5.52 Å². The van der Waals surface area contributed by atoms with Gasteiger partial charge in [0.15, 0.2) is 11.6 Å². The molecule has 0 radical (unpaired) electrons. The number of rotatable bonds is 3. The lowest BCUT2D eigenvalue weighted by Gasteiger charge is -2.15. The molecule has 1 saturated heterocycles. The molecule has 0 saturated carbocycles. The Balaban J connectivity index is 1.92. The first-order valence-corrected chi connectivity index (χ1v) is 6.49. The molecule has 102 valence electrons. The second-order valence-electron chi connectivity index (χ2n) is 4.90. The van der Waals surface area contributed by atoms with Crippen LogP contribution >= 0.6 is 0 Å². The third-order valence-electron chi connectivity index (χ3n) is 3.67. The summed E-state index contributed by atoms with van der Waals surface area (Å²) in [6, 6.07) is 2.53. The molecule has 1 aromatic carbocycles. The van der Waals surface area contributed by atoms with Crippen molar-refractivity contribution in [3.05, 3.63) is 23.8 Å². The number of imidazole rings is 1. The van der Waals surface area contributed by atoms with Crippen molar-refractivity contribution in [1.29, 1.82) is 0 Å². The van der Waals surface area contributed by atoms with Gasteiger partial charge in [-0.05, 0) is 38.1 Å². The van der Waals surface area contributed by atoms with Crippen molar-refractivity contribution in [2.24, 2.45) is 0 Å². The predicted octanol–water partition coefficient (Wildman–Crippen LogP) is 1.99. The minimum Gasteiger partial charge on any atom is -0.369 e. The van der Waals surface area contributed by atoms with Crippen LogP contribution in [0.4, 0.5) is 14.7 Å². The van der Waals surface area contributed by atoms with Crippen molar-refractivity contribution in [3.63, 3.8) is 0 Å². The topological polar surface area (TPSA) is 47.1 Å². The monoisotopic (exact) mass is 266 g/mol. The van der Waals surface area contributed by atoms with E-state index in [4.69, 9.17) is 5.73 Å². The number of anilines is 1. The standard InChI is InChI=1S/C13H16F2N4/c14-9-3-4-10-12(11(9)15)19(13(16)17-10)8-7-18-5-1-2-6-18/h3-4H,1-2,5-8H2,(H2,16,17). The van der Waals surface area contributed by atoms with Gasteiger partial charge < -0.3 is 15.2 Å². The molecule has 1 aliphatic heterocycles. The summed E-state index contributed by atoms with van der Waals surface area (Å²) in [5.74, 6) is -1.50. The lowest BCUT2D eigenvalue weighted by Crippen LogP contribution is -2.24. The van der Waals surface area contributed by atoms with E-state index in [0.29, 0.717) is 12.1 Å². The van der Waals surface area contributed by atoms with Crippen LogP contribution in [-0.2, 0) is 6.54 Å². The van der Waals surface area contributed by atoms with Crippen molar-refractivity contribution in [2.75, 3.05) is 25.4 Å². The average molecular weight is 266 g/mol. The van der Waals surface area contributed by atoms with Gasteiger partial charge in [0, 0.05) is 13.1 Å². The van der Waals surface area contributed by atoms with Crippen LogP contribution in [0, 0.1) is 11.6 Å². The van der Waals surface area contributed by atoms with Crippen LogP contribution in [0.15, 0.2) is 12.1 Å². The highest BCUT2D eigenvalue weighted by Gasteiger charge is 2.17. The Kier molecular flexibility index (Phi) is 3.10. The van der Waals surface area contributed by atoms with E-state index in [9.17, 15) is 8.78 Å². The number of nitrogens with two attached hydrogens (primary N) is 1. The highest BCUT2D eigenvalue weighted by molar-refractivity contribution is 5.79. The second kappa shape index (κ2) is 4.77. The van der Waals surface area contributed by atoms with Crippen LogP contribution in [0.1, 0.15) is 12.8 Å². The van der Waals surface area contributed by atoms with Crippen LogP contribution < -0.4 is 5.73 Å². The number of nitrogens with zero attached hydrogens (tertiary/aromatic N) is 3.